The van der Waals surface area contributed by atoms with E-state index in [0.717, 1.165) is 17.8 Å². The van der Waals surface area contributed by atoms with E-state index in [1.54, 1.807) is 6.07 Å². The summed E-state index contributed by atoms with van der Waals surface area (Å²) in [6.07, 6.45) is 0.935. The lowest BCUT2D eigenvalue weighted by Crippen LogP contribution is -2.25. The number of benzene rings is 1. The van der Waals surface area contributed by atoms with Crippen LogP contribution in [0.15, 0.2) is 29.1 Å². The van der Waals surface area contributed by atoms with Crippen molar-refractivity contribution in [2.24, 2.45) is 0 Å². The molecule has 1 atom stereocenters. The highest BCUT2D eigenvalue weighted by molar-refractivity contribution is 5.77. The average Bonchev–Trinajstić information content (AvgIpc) is 2.72. The summed E-state index contributed by atoms with van der Waals surface area (Å²) < 4.78 is 1.34. The minimum atomic E-state index is -0.100. The fourth-order valence-corrected chi connectivity index (χ4v) is 2.06. The Morgan fingerprint density at radius 1 is 1.50 bits per heavy atom. The van der Waals surface area contributed by atoms with Gasteiger partial charge < -0.3 is 4.84 Å². The molecule has 0 saturated heterocycles. The minimum absolute atomic E-state index is 0.100. The SMILES string of the molecule is CCC1COn2c1nc1ccccc1c2=O. The quantitative estimate of drug-likeness (QED) is 0.722. The fraction of sp³-hybridized carbons (Fsp3) is 0.333. The van der Waals surface area contributed by atoms with Crippen LogP contribution in [0, 0.1) is 0 Å². The molecule has 0 N–H and O–H groups in total. The Balaban J connectivity index is 2.36. The lowest BCUT2D eigenvalue weighted by atomic mass is 10.1. The number of para-hydroxylation sites is 1. The third-order valence-electron chi connectivity index (χ3n) is 3.02. The van der Waals surface area contributed by atoms with E-state index in [0.29, 0.717) is 12.0 Å². The largest absolute Gasteiger partial charge is 0.408 e. The molecule has 82 valence electrons. The number of nitrogens with zero attached hydrogens (tertiary/aromatic N) is 2. The molecular formula is C12H12N2O2. The highest BCUT2D eigenvalue weighted by atomic mass is 16.7. The van der Waals surface area contributed by atoms with E-state index < -0.39 is 0 Å². The van der Waals surface area contributed by atoms with Crippen LogP contribution in [0.2, 0.25) is 0 Å². The van der Waals surface area contributed by atoms with Crippen LogP contribution in [-0.2, 0) is 0 Å². The molecule has 0 amide bonds. The van der Waals surface area contributed by atoms with Crippen molar-refractivity contribution in [3.05, 3.63) is 40.4 Å². The van der Waals surface area contributed by atoms with Gasteiger partial charge in [0.15, 0.2) is 5.82 Å². The smallest absolute Gasteiger partial charge is 0.294 e. The average molecular weight is 216 g/mol. The standard InChI is InChI=1S/C12H12N2O2/c1-2-8-7-16-14-11(8)13-10-6-4-3-5-9(10)12(14)15/h3-6,8H,2,7H2,1H3. The number of aromatic nitrogens is 2. The maximum absolute atomic E-state index is 12.1. The minimum Gasteiger partial charge on any atom is -0.408 e. The Labute approximate surface area is 92.4 Å². The second-order valence-corrected chi connectivity index (χ2v) is 3.99. The van der Waals surface area contributed by atoms with Crippen LogP contribution in [0.4, 0.5) is 0 Å². The van der Waals surface area contributed by atoms with Gasteiger partial charge in [0.2, 0.25) is 0 Å². The third kappa shape index (κ3) is 1.16. The van der Waals surface area contributed by atoms with Crippen molar-refractivity contribution in [2.75, 3.05) is 6.61 Å². The highest BCUT2D eigenvalue weighted by Crippen LogP contribution is 2.22. The molecule has 1 unspecified atom stereocenters. The first kappa shape index (κ1) is 9.39. The molecule has 0 radical (unpaired) electrons. The number of hydrogen-bond acceptors (Lipinski definition) is 3. The van der Waals surface area contributed by atoms with Crippen molar-refractivity contribution in [2.45, 2.75) is 19.3 Å². The van der Waals surface area contributed by atoms with E-state index in [1.165, 1.54) is 4.73 Å². The molecule has 2 aromatic rings. The van der Waals surface area contributed by atoms with Gasteiger partial charge in [-0.1, -0.05) is 19.1 Å². The van der Waals surface area contributed by atoms with Gasteiger partial charge >= 0.3 is 0 Å². The molecule has 0 bridgehead atoms. The van der Waals surface area contributed by atoms with Gasteiger partial charge in [0, 0.05) is 0 Å². The molecule has 2 heterocycles. The summed E-state index contributed by atoms with van der Waals surface area (Å²) in [7, 11) is 0. The second kappa shape index (κ2) is 3.33. The molecular weight excluding hydrogens is 204 g/mol. The van der Waals surface area contributed by atoms with Gasteiger partial charge in [0.25, 0.3) is 5.56 Å². The van der Waals surface area contributed by atoms with Gasteiger partial charge in [-0.25, -0.2) is 4.98 Å². The Morgan fingerprint density at radius 2 is 2.31 bits per heavy atom. The maximum atomic E-state index is 12.1. The molecule has 1 aromatic carbocycles. The van der Waals surface area contributed by atoms with E-state index in [-0.39, 0.29) is 11.5 Å². The van der Waals surface area contributed by atoms with Crippen LogP contribution in [0.25, 0.3) is 10.9 Å². The first-order chi connectivity index (χ1) is 7.81. The Morgan fingerprint density at radius 3 is 3.12 bits per heavy atom. The van der Waals surface area contributed by atoms with Gasteiger partial charge in [-0.3, -0.25) is 4.79 Å². The summed E-state index contributed by atoms with van der Waals surface area (Å²) in [4.78, 5) is 22.0. The van der Waals surface area contributed by atoms with E-state index in [9.17, 15) is 4.79 Å². The molecule has 1 aromatic heterocycles. The lowest BCUT2D eigenvalue weighted by Gasteiger charge is -2.05. The molecule has 1 aliphatic heterocycles. The van der Waals surface area contributed by atoms with Crippen molar-refractivity contribution < 1.29 is 4.84 Å². The maximum Gasteiger partial charge on any atom is 0.294 e. The summed E-state index contributed by atoms with van der Waals surface area (Å²) in [5.41, 5.74) is 0.652. The van der Waals surface area contributed by atoms with Crippen molar-refractivity contribution in [3.8, 4) is 0 Å². The van der Waals surface area contributed by atoms with Gasteiger partial charge in [-0.2, -0.15) is 0 Å². The molecule has 1 aliphatic rings. The number of fused-ring (bicyclic) bond motifs is 2. The van der Waals surface area contributed by atoms with Crippen LogP contribution < -0.4 is 10.4 Å². The molecule has 0 aliphatic carbocycles. The van der Waals surface area contributed by atoms with Crippen molar-refractivity contribution >= 4 is 10.9 Å². The predicted octanol–water partition coefficient (Wildman–Crippen LogP) is 1.33. The summed E-state index contributed by atoms with van der Waals surface area (Å²) in [6.45, 7) is 2.63. The van der Waals surface area contributed by atoms with Gasteiger partial charge in [0.1, 0.15) is 6.61 Å². The summed E-state index contributed by atoms with van der Waals surface area (Å²) in [6, 6.07) is 7.37. The monoisotopic (exact) mass is 216 g/mol. The van der Waals surface area contributed by atoms with Crippen LogP contribution >= 0.6 is 0 Å². The van der Waals surface area contributed by atoms with Crippen LogP contribution in [0.1, 0.15) is 25.1 Å². The fourth-order valence-electron chi connectivity index (χ4n) is 2.06. The summed E-state index contributed by atoms with van der Waals surface area (Å²) in [5.74, 6) is 0.989. The Bertz CT molecular complexity index is 603. The van der Waals surface area contributed by atoms with Gasteiger partial charge in [-0.15, -0.1) is 4.73 Å². The molecule has 3 rings (SSSR count). The summed E-state index contributed by atoms with van der Waals surface area (Å²) in [5, 5.41) is 0.614. The highest BCUT2D eigenvalue weighted by Gasteiger charge is 2.26. The number of rotatable bonds is 1. The summed E-state index contributed by atoms with van der Waals surface area (Å²) >= 11 is 0. The third-order valence-corrected chi connectivity index (χ3v) is 3.02. The van der Waals surface area contributed by atoms with Gasteiger partial charge in [-0.05, 0) is 18.6 Å². The first-order valence-electron chi connectivity index (χ1n) is 5.46. The Hall–Kier alpha value is -1.84. The predicted molar refractivity (Wildman–Crippen MR) is 60.5 cm³/mol. The molecule has 16 heavy (non-hydrogen) atoms. The molecule has 0 fully saturated rings. The van der Waals surface area contributed by atoms with Crippen molar-refractivity contribution in [1.29, 1.82) is 0 Å². The van der Waals surface area contributed by atoms with E-state index in [1.807, 2.05) is 18.2 Å². The lowest BCUT2D eigenvalue weighted by molar-refractivity contribution is 0.135. The molecule has 0 spiro atoms. The molecule has 4 nitrogen and oxygen atoms in total. The second-order valence-electron chi connectivity index (χ2n) is 3.99. The topological polar surface area (TPSA) is 44.1 Å². The van der Waals surface area contributed by atoms with Crippen molar-refractivity contribution in [3.63, 3.8) is 0 Å². The van der Waals surface area contributed by atoms with E-state index in [2.05, 4.69) is 11.9 Å². The number of hydrogen-bond donors (Lipinski definition) is 0. The van der Waals surface area contributed by atoms with Crippen LogP contribution in [0.3, 0.4) is 0 Å². The first-order valence-corrected chi connectivity index (χ1v) is 5.46. The van der Waals surface area contributed by atoms with E-state index >= 15 is 0 Å². The van der Waals surface area contributed by atoms with E-state index in [4.69, 9.17) is 4.84 Å². The zero-order valence-electron chi connectivity index (χ0n) is 9.01. The van der Waals surface area contributed by atoms with Crippen molar-refractivity contribution in [1.82, 2.24) is 9.71 Å². The molecule has 4 heteroatoms. The molecule has 0 saturated carbocycles. The van der Waals surface area contributed by atoms with Gasteiger partial charge in [0.05, 0.1) is 16.8 Å². The van der Waals surface area contributed by atoms with Crippen LogP contribution in [-0.4, -0.2) is 16.3 Å². The van der Waals surface area contributed by atoms with Crippen LogP contribution in [0.5, 0.6) is 0 Å². The normalized spacial score (nSPS) is 18.4. The zero-order chi connectivity index (χ0) is 11.1. The zero-order valence-corrected chi connectivity index (χ0v) is 9.01. The Kier molecular flexibility index (Phi) is 1.96.